The van der Waals surface area contributed by atoms with Crippen molar-refractivity contribution in [3.05, 3.63) is 64.5 Å². The summed E-state index contributed by atoms with van der Waals surface area (Å²) < 4.78 is 5.69. The van der Waals surface area contributed by atoms with Crippen LogP contribution in [0.2, 0.25) is 0 Å². The fourth-order valence-corrected chi connectivity index (χ4v) is 4.90. The maximum Gasteiger partial charge on any atom is 0.256 e. The van der Waals surface area contributed by atoms with Crippen LogP contribution in [-0.2, 0) is 4.74 Å². The maximum absolute atomic E-state index is 12.8. The number of rotatable bonds is 6. The van der Waals surface area contributed by atoms with Crippen LogP contribution in [0.25, 0.3) is 11.3 Å². The van der Waals surface area contributed by atoms with Gasteiger partial charge in [0.15, 0.2) is 0 Å². The Morgan fingerprint density at radius 1 is 1.25 bits per heavy atom. The van der Waals surface area contributed by atoms with Gasteiger partial charge >= 0.3 is 0 Å². The van der Waals surface area contributed by atoms with Crippen molar-refractivity contribution in [1.82, 2.24) is 4.98 Å². The number of amides is 1. The number of benzene rings is 2. The summed E-state index contributed by atoms with van der Waals surface area (Å²) in [6.07, 6.45) is 2.53. The second kappa shape index (κ2) is 8.90. The molecule has 144 valence electrons. The molecule has 1 N–H and O–H groups in total. The standard InChI is InChI=1S/C22H22N2O2S2/c1-15-23-20(14-27-15)16-8-10-17(11-9-16)24-22(25)19-6-2-3-7-21(19)28-13-18-5-4-12-26-18/h2-3,6-11,14,18H,4-5,12-13H2,1H3,(H,24,25)/t18-/m1/s1. The number of thioether (sulfide) groups is 1. The molecule has 2 heterocycles. The van der Waals surface area contributed by atoms with E-state index >= 15 is 0 Å². The summed E-state index contributed by atoms with van der Waals surface area (Å²) >= 11 is 3.33. The number of thiazole rings is 1. The molecule has 1 fully saturated rings. The average Bonchev–Trinajstić information content (AvgIpc) is 3.39. The van der Waals surface area contributed by atoms with Gasteiger partial charge in [0.2, 0.25) is 0 Å². The highest BCUT2D eigenvalue weighted by Crippen LogP contribution is 2.28. The van der Waals surface area contributed by atoms with E-state index in [4.69, 9.17) is 4.74 Å². The smallest absolute Gasteiger partial charge is 0.256 e. The second-order valence-corrected chi connectivity index (χ2v) is 8.85. The molecule has 1 aliphatic rings. The van der Waals surface area contributed by atoms with Gasteiger partial charge in [-0.15, -0.1) is 23.1 Å². The first-order valence-electron chi connectivity index (χ1n) is 9.36. The molecule has 1 atom stereocenters. The molecular formula is C22H22N2O2S2. The average molecular weight is 411 g/mol. The zero-order chi connectivity index (χ0) is 19.3. The van der Waals surface area contributed by atoms with Gasteiger partial charge in [0.1, 0.15) is 0 Å². The highest BCUT2D eigenvalue weighted by atomic mass is 32.2. The molecule has 6 heteroatoms. The fraction of sp³-hybridized carbons (Fsp3) is 0.273. The number of carbonyl (C=O) groups excluding carboxylic acids is 1. The van der Waals surface area contributed by atoms with E-state index in [0.717, 1.165) is 52.0 Å². The van der Waals surface area contributed by atoms with Crippen LogP contribution in [0.5, 0.6) is 0 Å². The van der Waals surface area contributed by atoms with Crippen molar-refractivity contribution in [2.75, 3.05) is 17.7 Å². The molecule has 0 aliphatic carbocycles. The number of ether oxygens (including phenoxy) is 1. The third-order valence-electron chi connectivity index (χ3n) is 4.64. The van der Waals surface area contributed by atoms with Gasteiger partial charge < -0.3 is 10.1 Å². The van der Waals surface area contributed by atoms with Crippen molar-refractivity contribution in [3.8, 4) is 11.3 Å². The largest absolute Gasteiger partial charge is 0.377 e. The first-order valence-corrected chi connectivity index (χ1v) is 11.2. The van der Waals surface area contributed by atoms with Crippen molar-refractivity contribution < 1.29 is 9.53 Å². The second-order valence-electron chi connectivity index (χ2n) is 6.73. The first-order chi connectivity index (χ1) is 13.7. The van der Waals surface area contributed by atoms with E-state index in [1.807, 2.05) is 60.8 Å². The Morgan fingerprint density at radius 3 is 2.79 bits per heavy atom. The van der Waals surface area contributed by atoms with Gasteiger partial charge in [0.05, 0.1) is 22.4 Å². The number of aromatic nitrogens is 1. The van der Waals surface area contributed by atoms with Crippen molar-refractivity contribution in [3.63, 3.8) is 0 Å². The van der Waals surface area contributed by atoms with Gasteiger partial charge in [-0.3, -0.25) is 4.79 Å². The summed E-state index contributed by atoms with van der Waals surface area (Å²) in [7, 11) is 0. The van der Waals surface area contributed by atoms with Gasteiger partial charge in [-0.1, -0.05) is 24.3 Å². The topological polar surface area (TPSA) is 51.2 Å². The minimum Gasteiger partial charge on any atom is -0.377 e. The van der Waals surface area contributed by atoms with Crippen molar-refractivity contribution in [2.24, 2.45) is 0 Å². The van der Waals surface area contributed by atoms with Crippen LogP contribution in [0.1, 0.15) is 28.2 Å². The molecule has 4 rings (SSSR count). The lowest BCUT2D eigenvalue weighted by molar-refractivity contribution is 0.102. The lowest BCUT2D eigenvalue weighted by Crippen LogP contribution is -2.14. The van der Waals surface area contributed by atoms with Crippen LogP contribution in [0.3, 0.4) is 0 Å². The summed E-state index contributed by atoms with van der Waals surface area (Å²) in [4.78, 5) is 18.3. The number of hydrogen-bond acceptors (Lipinski definition) is 5. The third kappa shape index (κ3) is 4.63. The minimum atomic E-state index is -0.0901. The van der Waals surface area contributed by atoms with Crippen LogP contribution >= 0.6 is 23.1 Å². The Kier molecular flexibility index (Phi) is 6.10. The van der Waals surface area contributed by atoms with Gasteiger partial charge in [-0.2, -0.15) is 0 Å². The molecule has 1 saturated heterocycles. The minimum absolute atomic E-state index is 0.0901. The molecule has 4 nitrogen and oxygen atoms in total. The molecule has 3 aromatic rings. The molecule has 1 amide bonds. The lowest BCUT2D eigenvalue weighted by Gasteiger charge is -2.12. The van der Waals surface area contributed by atoms with Crippen LogP contribution in [-0.4, -0.2) is 29.4 Å². The molecule has 1 aromatic heterocycles. The Labute approximate surface area is 173 Å². The van der Waals surface area contributed by atoms with Crippen LogP contribution < -0.4 is 5.32 Å². The monoisotopic (exact) mass is 410 g/mol. The van der Waals surface area contributed by atoms with E-state index < -0.39 is 0 Å². The van der Waals surface area contributed by atoms with E-state index in [0.29, 0.717) is 11.7 Å². The highest BCUT2D eigenvalue weighted by Gasteiger charge is 2.18. The number of aryl methyl sites for hydroxylation is 1. The maximum atomic E-state index is 12.8. The molecule has 2 aromatic carbocycles. The van der Waals surface area contributed by atoms with E-state index in [-0.39, 0.29) is 5.91 Å². The Hall–Kier alpha value is -2.15. The predicted molar refractivity (Wildman–Crippen MR) is 116 cm³/mol. The number of nitrogens with one attached hydrogen (secondary N) is 1. The van der Waals surface area contributed by atoms with Crippen molar-refractivity contribution in [2.45, 2.75) is 30.8 Å². The molecule has 0 radical (unpaired) electrons. The highest BCUT2D eigenvalue weighted by molar-refractivity contribution is 7.99. The van der Waals surface area contributed by atoms with E-state index in [2.05, 4.69) is 10.3 Å². The molecule has 0 bridgehead atoms. The molecular weight excluding hydrogens is 388 g/mol. The van der Waals surface area contributed by atoms with Crippen LogP contribution in [0.4, 0.5) is 5.69 Å². The van der Waals surface area contributed by atoms with Crippen molar-refractivity contribution >= 4 is 34.7 Å². The van der Waals surface area contributed by atoms with Crippen LogP contribution in [0, 0.1) is 6.92 Å². The Balaban J connectivity index is 1.43. The van der Waals surface area contributed by atoms with E-state index in [1.54, 1.807) is 23.1 Å². The Bertz CT molecular complexity index is 947. The van der Waals surface area contributed by atoms with Gasteiger partial charge in [0.25, 0.3) is 5.91 Å². The first kappa shape index (κ1) is 19.2. The Morgan fingerprint density at radius 2 is 2.07 bits per heavy atom. The summed E-state index contributed by atoms with van der Waals surface area (Å²) in [5, 5.41) is 6.10. The number of carbonyl (C=O) groups is 1. The zero-order valence-corrected chi connectivity index (χ0v) is 17.3. The predicted octanol–water partition coefficient (Wildman–Crippen LogP) is 5.64. The van der Waals surface area contributed by atoms with Gasteiger partial charge in [-0.05, 0) is 44.0 Å². The molecule has 28 heavy (non-hydrogen) atoms. The van der Waals surface area contributed by atoms with Crippen molar-refractivity contribution in [1.29, 1.82) is 0 Å². The number of anilines is 1. The molecule has 0 unspecified atom stereocenters. The lowest BCUT2D eigenvalue weighted by atomic mass is 10.1. The van der Waals surface area contributed by atoms with Crippen LogP contribution in [0.15, 0.2) is 58.8 Å². The summed E-state index contributed by atoms with van der Waals surface area (Å²) in [6, 6.07) is 15.6. The number of nitrogens with zero attached hydrogens (tertiary/aromatic N) is 1. The van der Waals surface area contributed by atoms with E-state index in [9.17, 15) is 4.79 Å². The molecule has 0 saturated carbocycles. The SMILES string of the molecule is Cc1nc(-c2ccc(NC(=O)c3ccccc3SC[C@H]3CCCO3)cc2)cs1. The molecule has 1 aliphatic heterocycles. The van der Waals surface area contributed by atoms with Gasteiger partial charge in [0, 0.05) is 33.9 Å². The number of hydrogen-bond donors (Lipinski definition) is 1. The normalized spacial score (nSPS) is 16.2. The van der Waals surface area contributed by atoms with Gasteiger partial charge in [-0.25, -0.2) is 4.98 Å². The summed E-state index contributed by atoms with van der Waals surface area (Å²) in [5.41, 5.74) is 3.50. The van der Waals surface area contributed by atoms with E-state index in [1.165, 1.54) is 0 Å². The zero-order valence-electron chi connectivity index (χ0n) is 15.7. The fourth-order valence-electron chi connectivity index (χ4n) is 3.16. The quantitative estimate of drug-likeness (QED) is 0.534. The molecule has 0 spiro atoms. The summed E-state index contributed by atoms with van der Waals surface area (Å²) in [5.74, 6) is 0.791. The summed E-state index contributed by atoms with van der Waals surface area (Å²) in [6.45, 7) is 2.85. The third-order valence-corrected chi connectivity index (χ3v) is 6.62.